The molecular formula is C25H23N3O5S2. The van der Waals surface area contributed by atoms with Gasteiger partial charge >= 0.3 is 0 Å². The van der Waals surface area contributed by atoms with E-state index in [2.05, 4.69) is 23.5 Å². The standard InChI is InChI=1S/C25H23N3O5S2/c1-4-13-28(14-5-2)35(30,31)19-11-9-17(10-12-19)24(29)27-25-26-20(16-34-25)22-15-18-7-6-8-21(32-3)23(18)33-22/h4-12,15-16H,1-2,13-14H2,3H3,(H,26,27,29). The van der Waals surface area contributed by atoms with E-state index in [9.17, 15) is 13.2 Å². The van der Waals surface area contributed by atoms with Crippen LogP contribution in [0.5, 0.6) is 5.75 Å². The van der Waals surface area contributed by atoms with Gasteiger partial charge in [-0.05, 0) is 36.4 Å². The third kappa shape index (κ3) is 5.04. The van der Waals surface area contributed by atoms with Crippen molar-refractivity contribution in [1.29, 1.82) is 0 Å². The molecule has 0 saturated carbocycles. The predicted octanol–water partition coefficient (Wildman–Crippen LogP) is 5.18. The molecule has 4 rings (SSSR count). The number of nitrogens with one attached hydrogen (secondary N) is 1. The molecular weight excluding hydrogens is 486 g/mol. The van der Waals surface area contributed by atoms with E-state index in [0.717, 1.165) is 5.39 Å². The van der Waals surface area contributed by atoms with Crippen LogP contribution in [0.3, 0.4) is 0 Å². The number of sulfonamides is 1. The maximum atomic E-state index is 12.8. The lowest BCUT2D eigenvalue weighted by Crippen LogP contribution is -2.31. The zero-order valence-corrected chi connectivity index (χ0v) is 20.6. The first-order chi connectivity index (χ1) is 16.9. The number of nitrogens with zero attached hydrogens (tertiary/aromatic N) is 2. The highest BCUT2D eigenvalue weighted by Gasteiger charge is 2.23. The van der Waals surface area contributed by atoms with E-state index in [1.807, 2.05) is 24.3 Å². The first-order valence-electron chi connectivity index (χ1n) is 10.5. The molecule has 0 aliphatic heterocycles. The third-order valence-electron chi connectivity index (χ3n) is 5.12. The Hall–Kier alpha value is -3.73. The number of fused-ring (bicyclic) bond motifs is 1. The molecule has 2 heterocycles. The summed E-state index contributed by atoms with van der Waals surface area (Å²) in [5.41, 5.74) is 1.50. The van der Waals surface area contributed by atoms with Crippen molar-refractivity contribution in [2.24, 2.45) is 0 Å². The molecule has 1 N–H and O–H groups in total. The van der Waals surface area contributed by atoms with Crippen LogP contribution in [0.4, 0.5) is 5.13 Å². The van der Waals surface area contributed by atoms with Gasteiger partial charge in [0, 0.05) is 29.4 Å². The van der Waals surface area contributed by atoms with Gasteiger partial charge in [0.15, 0.2) is 22.2 Å². The van der Waals surface area contributed by atoms with Gasteiger partial charge in [-0.25, -0.2) is 13.4 Å². The summed E-state index contributed by atoms with van der Waals surface area (Å²) in [7, 11) is -2.16. The van der Waals surface area contributed by atoms with Crippen molar-refractivity contribution in [1.82, 2.24) is 9.29 Å². The van der Waals surface area contributed by atoms with Crippen molar-refractivity contribution in [3.63, 3.8) is 0 Å². The summed E-state index contributed by atoms with van der Waals surface area (Å²) in [6.07, 6.45) is 3.01. The fraction of sp³-hybridized carbons (Fsp3) is 0.120. The number of anilines is 1. The second-order valence-corrected chi connectivity index (χ2v) is 10.2. The molecule has 1 amide bonds. The normalized spacial score (nSPS) is 11.5. The minimum atomic E-state index is -3.74. The van der Waals surface area contributed by atoms with Crippen molar-refractivity contribution in [3.8, 4) is 17.2 Å². The highest BCUT2D eigenvalue weighted by Crippen LogP contribution is 2.34. The summed E-state index contributed by atoms with van der Waals surface area (Å²) in [4.78, 5) is 17.2. The monoisotopic (exact) mass is 509 g/mol. The van der Waals surface area contributed by atoms with Gasteiger partial charge in [-0.1, -0.05) is 24.3 Å². The molecule has 2 aromatic carbocycles. The fourth-order valence-electron chi connectivity index (χ4n) is 3.42. The number of benzene rings is 2. The second kappa shape index (κ2) is 10.3. The minimum Gasteiger partial charge on any atom is -0.493 e. The zero-order valence-electron chi connectivity index (χ0n) is 18.9. The first kappa shape index (κ1) is 24.4. The Morgan fingerprint density at radius 2 is 1.89 bits per heavy atom. The molecule has 8 nitrogen and oxygen atoms in total. The van der Waals surface area contributed by atoms with Crippen molar-refractivity contribution < 1.29 is 22.4 Å². The molecule has 4 aromatic rings. The van der Waals surface area contributed by atoms with E-state index in [0.29, 0.717) is 33.5 Å². The molecule has 0 atom stereocenters. The first-order valence-corrected chi connectivity index (χ1v) is 12.8. The number of hydrogen-bond donors (Lipinski definition) is 1. The van der Waals surface area contributed by atoms with Crippen molar-refractivity contribution >= 4 is 43.4 Å². The number of amides is 1. The maximum absolute atomic E-state index is 12.8. The highest BCUT2D eigenvalue weighted by atomic mass is 32.2. The lowest BCUT2D eigenvalue weighted by atomic mass is 10.2. The van der Waals surface area contributed by atoms with E-state index in [-0.39, 0.29) is 18.0 Å². The number of thiazole rings is 1. The third-order valence-corrected chi connectivity index (χ3v) is 7.73. The Kier molecular flexibility index (Phi) is 7.15. The fourth-order valence-corrected chi connectivity index (χ4v) is 5.50. The Bertz CT molecular complexity index is 1480. The Morgan fingerprint density at radius 1 is 1.17 bits per heavy atom. The molecule has 35 heavy (non-hydrogen) atoms. The number of aromatic nitrogens is 1. The zero-order chi connectivity index (χ0) is 25.0. The Labute approximate surface area is 207 Å². The highest BCUT2D eigenvalue weighted by molar-refractivity contribution is 7.89. The van der Waals surface area contributed by atoms with Gasteiger partial charge in [0.2, 0.25) is 10.0 Å². The molecule has 0 radical (unpaired) electrons. The minimum absolute atomic E-state index is 0.0783. The van der Waals surface area contributed by atoms with Crippen LogP contribution in [-0.2, 0) is 10.0 Å². The number of ether oxygens (including phenoxy) is 1. The van der Waals surface area contributed by atoms with Gasteiger partial charge < -0.3 is 9.15 Å². The van der Waals surface area contributed by atoms with Gasteiger partial charge in [-0.3, -0.25) is 10.1 Å². The van der Waals surface area contributed by atoms with E-state index in [4.69, 9.17) is 9.15 Å². The van der Waals surface area contributed by atoms with Crippen LogP contribution in [-0.4, -0.2) is 43.8 Å². The largest absolute Gasteiger partial charge is 0.493 e. The molecule has 0 aliphatic rings. The molecule has 0 aliphatic carbocycles. The molecule has 180 valence electrons. The quantitative estimate of drug-likeness (QED) is 0.296. The number of carbonyl (C=O) groups excluding carboxylic acids is 1. The van der Waals surface area contributed by atoms with Crippen LogP contribution < -0.4 is 10.1 Å². The second-order valence-electron chi connectivity index (χ2n) is 7.41. The number of para-hydroxylation sites is 1. The van der Waals surface area contributed by atoms with Crippen molar-refractivity contribution in [2.45, 2.75) is 4.90 Å². The van der Waals surface area contributed by atoms with E-state index >= 15 is 0 Å². The summed E-state index contributed by atoms with van der Waals surface area (Å²) in [6.45, 7) is 7.50. The van der Waals surface area contributed by atoms with Gasteiger partial charge in [0.1, 0.15) is 5.69 Å². The van der Waals surface area contributed by atoms with Gasteiger partial charge in [0.05, 0.1) is 12.0 Å². The average molecular weight is 510 g/mol. The van der Waals surface area contributed by atoms with Crippen molar-refractivity contribution in [2.75, 3.05) is 25.5 Å². The molecule has 2 aromatic heterocycles. The lowest BCUT2D eigenvalue weighted by molar-refractivity contribution is 0.102. The Morgan fingerprint density at radius 3 is 2.54 bits per heavy atom. The van der Waals surface area contributed by atoms with Crippen molar-refractivity contribution in [3.05, 3.63) is 84.8 Å². The number of methoxy groups -OCH3 is 1. The molecule has 0 fully saturated rings. The molecule has 0 saturated heterocycles. The summed E-state index contributed by atoms with van der Waals surface area (Å²) in [5.74, 6) is 0.773. The molecule has 0 spiro atoms. The SMILES string of the molecule is C=CCN(CC=C)S(=O)(=O)c1ccc(C(=O)Nc2nc(-c3cc4cccc(OC)c4o3)cs2)cc1. The summed E-state index contributed by atoms with van der Waals surface area (Å²) >= 11 is 1.25. The van der Waals surface area contributed by atoms with E-state index in [1.54, 1.807) is 12.5 Å². The van der Waals surface area contributed by atoms with Crippen LogP contribution in [0.15, 0.2) is 88.5 Å². The topological polar surface area (TPSA) is 102 Å². The summed E-state index contributed by atoms with van der Waals surface area (Å²) in [5, 5.41) is 5.79. The van der Waals surface area contributed by atoms with Crippen LogP contribution in [0.25, 0.3) is 22.4 Å². The average Bonchev–Trinajstić information content (AvgIpc) is 3.50. The van der Waals surface area contributed by atoms with Gasteiger partial charge in [-0.15, -0.1) is 24.5 Å². The maximum Gasteiger partial charge on any atom is 0.257 e. The van der Waals surface area contributed by atoms with Crippen LogP contribution in [0.2, 0.25) is 0 Å². The number of carbonyl (C=O) groups is 1. The summed E-state index contributed by atoms with van der Waals surface area (Å²) in [6, 6.07) is 13.2. The van der Waals surface area contributed by atoms with E-state index in [1.165, 1.54) is 52.1 Å². The van der Waals surface area contributed by atoms with Crippen LogP contribution >= 0.6 is 11.3 Å². The lowest BCUT2D eigenvalue weighted by Gasteiger charge is -2.19. The smallest absolute Gasteiger partial charge is 0.257 e. The Balaban J connectivity index is 1.49. The van der Waals surface area contributed by atoms with Crippen LogP contribution in [0.1, 0.15) is 10.4 Å². The van der Waals surface area contributed by atoms with Gasteiger partial charge in [-0.2, -0.15) is 4.31 Å². The number of furan rings is 1. The number of hydrogen-bond acceptors (Lipinski definition) is 7. The van der Waals surface area contributed by atoms with E-state index < -0.39 is 15.9 Å². The van der Waals surface area contributed by atoms with Gasteiger partial charge in [0.25, 0.3) is 5.91 Å². The summed E-state index contributed by atoms with van der Waals surface area (Å²) < 4.78 is 38.1. The molecule has 0 bridgehead atoms. The van der Waals surface area contributed by atoms with Crippen LogP contribution in [0, 0.1) is 0 Å². The molecule has 0 unspecified atom stereocenters. The molecule has 10 heteroatoms. The number of rotatable bonds is 10. The predicted molar refractivity (Wildman–Crippen MR) is 137 cm³/mol.